The molecule has 3 nitrogen and oxygen atoms in total. The molecule has 0 saturated heterocycles. The van der Waals surface area contributed by atoms with Gasteiger partial charge in [0.25, 0.3) is 0 Å². The van der Waals surface area contributed by atoms with E-state index < -0.39 is 0 Å². The Hall–Kier alpha value is -0.910. The Kier molecular flexibility index (Phi) is 7.53. The smallest absolute Gasteiger partial charge is 0.108 e. The maximum absolute atomic E-state index is 11.7. The number of likely N-dealkylation sites (N-methyl/N-ethyl adjacent to an activating group) is 1. The molecule has 0 heterocycles. The molecule has 120 valence electrons. The van der Waals surface area contributed by atoms with Crippen LogP contribution in [0.1, 0.15) is 17.2 Å². The number of ether oxygens (including phenoxy) is 1. The second kappa shape index (κ2) is 8.65. The highest BCUT2D eigenvalue weighted by Crippen LogP contribution is 2.27. The molecule has 2 rings (SSSR count). The fourth-order valence-electron chi connectivity index (χ4n) is 2.04. The van der Waals surface area contributed by atoms with Gasteiger partial charge in [-0.05, 0) is 23.3 Å². The summed E-state index contributed by atoms with van der Waals surface area (Å²) in [7, 11) is 3.25. The third-order valence-corrected chi connectivity index (χ3v) is 3.72. The first kappa shape index (κ1) is 19.1. The van der Waals surface area contributed by atoms with Crippen molar-refractivity contribution in [3.8, 4) is 0 Å². The van der Waals surface area contributed by atoms with Crippen LogP contribution >= 0.6 is 28.3 Å². The van der Waals surface area contributed by atoms with Crippen LogP contribution in [-0.4, -0.2) is 31.9 Å². The SMILES string of the molecule is C[N+](C)([O-])CCOC(c1ccccc1)c1ccc(Br)cc1.Cl. The number of benzene rings is 2. The van der Waals surface area contributed by atoms with Crippen molar-refractivity contribution < 1.29 is 9.38 Å². The monoisotopic (exact) mass is 385 g/mol. The predicted octanol–water partition coefficient (Wildman–Crippen LogP) is 4.55. The van der Waals surface area contributed by atoms with Crippen molar-refractivity contribution in [2.75, 3.05) is 27.2 Å². The molecule has 1 atom stereocenters. The lowest BCUT2D eigenvalue weighted by atomic mass is 10.0. The minimum atomic E-state index is -0.345. The molecule has 1 unspecified atom stereocenters. The van der Waals surface area contributed by atoms with Crippen molar-refractivity contribution in [3.05, 3.63) is 75.4 Å². The molecule has 0 aromatic heterocycles. The molecule has 0 amide bonds. The summed E-state index contributed by atoms with van der Waals surface area (Å²) in [6.45, 7) is 0.853. The third-order valence-electron chi connectivity index (χ3n) is 3.19. The third kappa shape index (κ3) is 6.07. The van der Waals surface area contributed by atoms with Crippen molar-refractivity contribution in [2.24, 2.45) is 0 Å². The lowest BCUT2D eigenvalue weighted by molar-refractivity contribution is -0.840. The maximum atomic E-state index is 11.7. The van der Waals surface area contributed by atoms with E-state index in [2.05, 4.69) is 15.9 Å². The van der Waals surface area contributed by atoms with Crippen LogP contribution in [0.2, 0.25) is 0 Å². The van der Waals surface area contributed by atoms with Gasteiger partial charge in [0.15, 0.2) is 0 Å². The van der Waals surface area contributed by atoms with Crippen molar-refractivity contribution in [1.82, 2.24) is 0 Å². The van der Waals surface area contributed by atoms with Gasteiger partial charge in [-0.2, -0.15) is 0 Å². The first-order chi connectivity index (χ1) is 9.96. The Morgan fingerprint density at radius 2 is 1.55 bits per heavy atom. The topological polar surface area (TPSA) is 32.3 Å². The van der Waals surface area contributed by atoms with Gasteiger partial charge in [-0.15, -0.1) is 12.4 Å². The van der Waals surface area contributed by atoms with E-state index in [0.29, 0.717) is 13.2 Å². The largest absolute Gasteiger partial charge is 0.633 e. The normalized spacial score (nSPS) is 12.5. The molecule has 0 aliphatic heterocycles. The maximum Gasteiger partial charge on any atom is 0.108 e. The van der Waals surface area contributed by atoms with Crippen LogP contribution in [0.25, 0.3) is 0 Å². The zero-order valence-corrected chi connectivity index (χ0v) is 15.1. The summed E-state index contributed by atoms with van der Waals surface area (Å²) < 4.78 is 6.69. The van der Waals surface area contributed by atoms with E-state index >= 15 is 0 Å². The van der Waals surface area contributed by atoms with Gasteiger partial charge in [-0.3, -0.25) is 0 Å². The van der Waals surface area contributed by atoms with Crippen LogP contribution in [0.15, 0.2) is 59.1 Å². The number of hydrogen-bond donors (Lipinski definition) is 0. The number of quaternary nitrogens is 1. The Morgan fingerprint density at radius 1 is 1.00 bits per heavy atom. The van der Waals surface area contributed by atoms with Crippen LogP contribution in [0.4, 0.5) is 0 Å². The van der Waals surface area contributed by atoms with E-state index in [-0.39, 0.29) is 23.2 Å². The predicted molar refractivity (Wildman–Crippen MR) is 96.0 cm³/mol. The molecule has 0 N–H and O–H groups in total. The molecule has 0 aliphatic rings. The molecular formula is C17H21BrClNO2. The summed E-state index contributed by atoms with van der Waals surface area (Å²) in [5, 5.41) is 11.7. The number of halogens is 2. The molecule has 5 heteroatoms. The summed E-state index contributed by atoms with van der Waals surface area (Å²) in [6.07, 6.45) is -0.147. The van der Waals surface area contributed by atoms with Crippen LogP contribution in [0, 0.1) is 5.21 Å². The molecule has 0 bridgehead atoms. The van der Waals surface area contributed by atoms with Gasteiger partial charge in [0.1, 0.15) is 12.6 Å². The summed E-state index contributed by atoms with van der Waals surface area (Å²) in [4.78, 5) is 0. The zero-order chi connectivity index (χ0) is 15.3. The highest BCUT2D eigenvalue weighted by atomic mass is 79.9. The molecule has 22 heavy (non-hydrogen) atoms. The van der Waals surface area contributed by atoms with Gasteiger partial charge in [0.05, 0.1) is 20.7 Å². The molecule has 0 saturated carbocycles. The Balaban J connectivity index is 0.00000242. The fourth-order valence-corrected chi connectivity index (χ4v) is 2.31. The number of hydrogen-bond acceptors (Lipinski definition) is 2. The van der Waals surface area contributed by atoms with Crippen LogP contribution in [0.3, 0.4) is 0 Å². The molecule has 2 aromatic rings. The van der Waals surface area contributed by atoms with Gasteiger partial charge < -0.3 is 14.6 Å². The zero-order valence-electron chi connectivity index (χ0n) is 12.7. The van der Waals surface area contributed by atoms with Crippen molar-refractivity contribution >= 4 is 28.3 Å². The minimum Gasteiger partial charge on any atom is -0.633 e. The van der Waals surface area contributed by atoms with E-state index in [0.717, 1.165) is 15.6 Å². The molecular weight excluding hydrogens is 366 g/mol. The van der Waals surface area contributed by atoms with Crippen LogP contribution in [0.5, 0.6) is 0 Å². The van der Waals surface area contributed by atoms with E-state index in [9.17, 15) is 5.21 Å². The lowest BCUT2D eigenvalue weighted by Crippen LogP contribution is -2.35. The summed E-state index contributed by atoms with van der Waals surface area (Å²) in [5.74, 6) is 0. The Labute approximate surface area is 146 Å². The first-order valence-electron chi connectivity index (χ1n) is 6.92. The van der Waals surface area contributed by atoms with Crippen molar-refractivity contribution in [1.29, 1.82) is 0 Å². The number of hydroxylamine groups is 3. The lowest BCUT2D eigenvalue weighted by Gasteiger charge is -2.34. The molecule has 0 spiro atoms. The average Bonchev–Trinajstić information content (AvgIpc) is 2.45. The van der Waals surface area contributed by atoms with Crippen LogP contribution in [-0.2, 0) is 4.74 Å². The molecule has 0 fully saturated rings. The van der Waals surface area contributed by atoms with E-state index in [1.807, 2.05) is 54.6 Å². The van der Waals surface area contributed by atoms with Crippen LogP contribution < -0.4 is 0 Å². The summed E-state index contributed by atoms with van der Waals surface area (Å²) >= 11 is 3.44. The standard InChI is InChI=1S/C17H20BrNO2.ClH/c1-19(2,20)12-13-21-17(14-6-4-3-5-7-14)15-8-10-16(18)11-9-15;/h3-11,17H,12-13H2,1-2H3;1H. The highest BCUT2D eigenvalue weighted by Gasteiger charge is 2.15. The minimum absolute atomic E-state index is 0. The fraction of sp³-hybridized carbons (Fsp3) is 0.294. The molecule has 2 aromatic carbocycles. The Bertz CT molecular complexity index is 555. The quantitative estimate of drug-likeness (QED) is 0.539. The van der Waals surface area contributed by atoms with E-state index in [4.69, 9.17) is 4.74 Å². The van der Waals surface area contributed by atoms with Crippen molar-refractivity contribution in [3.63, 3.8) is 0 Å². The van der Waals surface area contributed by atoms with E-state index in [1.54, 1.807) is 14.1 Å². The Morgan fingerprint density at radius 3 is 2.09 bits per heavy atom. The second-order valence-corrected chi connectivity index (χ2v) is 6.43. The number of nitrogens with zero attached hydrogens (tertiary/aromatic N) is 1. The molecule has 0 radical (unpaired) electrons. The van der Waals surface area contributed by atoms with Gasteiger partial charge >= 0.3 is 0 Å². The van der Waals surface area contributed by atoms with E-state index in [1.165, 1.54) is 0 Å². The average molecular weight is 387 g/mol. The number of rotatable bonds is 6. The van der Waals surface area contributed by atoms with Gasteiger partial charge in [0.2, 0.25) is 0 Å². The summed E-state index contributed by atoms with van der Waals surface area (Å²) in [6, 6.07) is 18.2. The van der Waals surface area contributed by atoms with Gasteiger partial charge in [-0.25, -0.2) is 0 Å². The van der Waals surface area contributed by atoms with Gasteiger partial charge in [0, 0.05) is 4.47 Å². The molecule has 0 aliphatic carbocycles. The van der Waals surface area contributed by atoms with Crippen molar-refractivity contribution in [2.45, 2.75) is 6.10 Å². The highest BCUT2D eigenvalue weighted by molar-refractivity contribution is 9.10. The van der Waals surface area contributed by atoms with Gasteiger partial charge in [-0.1, -0.05) is 58.4 Å². The first-order valence-corrected chi connectivity index (χ1v) is 7.71. The second-order valence-electron chi connectivity index (χ2n) is 5.51. The summed E-state index contributed by atoms with van der Waals surface area (Å²) in [5.41, 5.74) is 2.18.